The van der Waals surface area contributed by atoms with Gasteiger partial charge in [-0.1, -0.05) is 37.6 Å². The molecule has 231 valence electrons. The van der Waals surface area contributed by atoms with Crippen molar-refractivity contribution in [2.24, 2.45) is 5.41 Å². The zero-order valence-corrected chi connectivity index (χ0v) is 30.1. The molecular weight excluding hydrogens is 810 g/mol. The molecule has 2 atom stereocenters. The van der Waals surface area contributed by atoms with E-state index in [2.05, 4.69) is 5.32 Å². The van der Waals surface area contributed by atoms with Gasteiger partial charge in [-0.15, -0.1) is 0 Å². The van der Waals surface area contributed by atoms with Gasteiger partial charge in [0, 0.05) is 84.5 Å². The molecule has 3 N–H and O–H groups in total. The molecule has 1 aliphatic rings. The number of nitrogens with one attached hydrogen (secondary N) is 1. The standard InChI is InChI=1S/C31H32ClFN2O8.Ac/c1-31(2,16-36)15-35-23-11-9-18(32)13-20(23)27(19-6-5-7-24(41-3)28(19)42-4)43-25(29(35)38)14-26(37)34-22-12-17(30(39)40)8-10-21(22)33;/h5-13,25,27,36H,14-16H2,1-4H3,(H,34,37)(H,39,40);/t25-,27-;/m1./s1. The summed E-state index contributed by atoms with van der Waals surface area (Å²) in [5.74, 6) is -2.77. The number of aliphatic hydroxyl groups is 1. The normalized spacial score (nSPS) is 16.3. The van der Waals surface area contributed by atoms with Gasteiger partial charge in [0.2, 0.25) is 5.91 Å². The Morgan fingerprint density at radius 1 is 1.09 bits per heavy atom. The number of carbonyl (C=O) groups excluding carboxylic acids is 2. The first-order valence-electron chi connectivity index (χ1n) is 13.3. The first-order valence-corrected chi connectivity index (χ1v) is 13.7. The number of carboxylic acid groups (broad SMARTS) is 1. The van der Waals surface area contributed by atoms with E-state index in [0.717, 1.165) is 18.2 Å². The van der Waals surface area contributed by atoms with Crippen LogP contribution < -0.4 is 19.7 Å². The monoisotopic (exact) mass is 841 g/mol. The van der Waals surface area contributed by atoms with Gasteiger partial charge in [0.1, 0.15) is 18.0 Å². The van der Waals surface area contributed by atoms with Gasteiger partial charge in [-0.05, 0) is 42.5 Å². The Morgan fingerprint density at radius 3 is 2.45 bits per heavy atom. The number of hydrogen-bond acceptors (Lipinski definition) is 7. The van der Waals surface area contributed by atoms with Crippen LogP contribution in [0.5, 0.6) is 11.5 Å². The number of aromatic carboxylic acids is 1. The van der Waals surface area contributed by atoms with Crippen LogP contribution in [0.3, 0.4) is 0 Å². The zero-order chi connectivity index (χ0) is 31.5. The molecule has 0 saturated carbocycles. The van der Waals surface area contributed by atoms with Crippen molar-refractivity contribution < 1.29 is 87.3 Å². The molecule has 3 aromatic carbocycles. The number of benzene rings is 3. The van der Waals surface area contributed by atoms with E-state index >= 15 is 0 Å². The Morgan fingerprint density at radius 2 is 1.82 bits per heavy atom. The van der Waals surface area contributed by atoms with E-state index in [0.29, 0.717) is 33.3 Å². The van der Waals surface area contributed by atoms with Crippen LogP contribution in [-0.4, -0.2) is 61.5 Å². The van der Waals surface area contributed by atoms with E-state index in [1.54, 1.807) is 50.2 Å². The van der Waals surface area contributed by atoms with Crippen molar-refractivity contribution in [3.63, 3.8) is 0 Å². The van der Waals surface area contributed by atoms with E-state index in [-0.39, 0.29) is 68.5 Å². The van der Waals surface area contributed by atoms with Crippen LogP contribution in [0.25, 0.3) is 0 Å². The number of fused-ring (bicyclic) bond motifs is 1. The average Bonchev–Trinajstić information content (AvgIpc) is 3.07. The molecule has 1 radical (unpaired) electrons. The molecule has 0 fully saturated rings. The summed E-state index contributed by atoms with van der Waals surface area (Å²) >= 11 is 6.42. The maximum atomic E-state index is 14.5. The summed E-state index contributed by atoms with van der Waals surface area (Å²) in [6.45, 7) is 3.39. The van der Waals surface area contributed by atoms with Crippen LogP contribution in [0.2, 0.25) is 5.02 Å². The van der Waals surface area contributed by atoms with Gasteiger partial charge in [-0.2, -0.15) is 0 Å². The molecule has 3 aromatic rings. The number of nitrogens with zero attached hydrogens (tertiary/aromatic N) is 1. The molecule has 44 heavy (non-hydrogen) atoms. The second-order valence-electron chi connectivity index (χ2n) is 10.8. The Bertz CT molecular complexity index is 1550. The Kier molecular flexibility index (Phi) is 12.2. The smallest absolute Gasteiger partial charge is 0.335 e. The van der Waals surface area contributed by atoms with E-state index < -0.39 is 47.6 Å². The third-order valence-electron chi connectivity index (χ3n) is 6.99. The van der Waals surface area contributed by atoms with Gasteiger partial charge in [-0.25, -0.2) is 9.18 Å². The van der Waals surface area contributed by atoms with Crippen molar-refractivity contribution in [3.8, 4) is 11.5 Å². The summed E-state index contributed by atoms with van der Waals surface area (Å²) < 4.78 is 32.0. The minimum Gasteiger partial charge on any atom is -0.493 e. The van der Waals surface area contributed by atoms with Crippen molar-refractivity contribution in [3.05, 3.63) is 82.1 Å². The number of rotatable bonds is 10. The molecule has 10 nitrogen and oxygen atoms in total. The number of ether oxygens (including phenoxy) is 3. The fraction of sp³-hybridized carbons (Fsp3) is 0.323. The molecule has 1 heterocycles. The number of aliphatic hydroxyl groups excluding tert-OH is 1. The summed E-state index contributed by atoms with van der Waals surface area (Å²) in [6, 6.07) is 13.1. The summed E-state index contributed by atoms with van der Waals surface area (Å²) in [6.07, 6.45) is -2.92. The SMILES string of the molecule is COc1cccc([C@H]2O[C@H](CC(=O)Nc3cc(C(=O)O)ccc3F)C(=O)N(CC(C)(C)CO)c3ccc(Cl)cc32)c1OC.[Ac]. The number of para-hydroxylation sites is 1. The van der Waals surface area contributed by atoms with Crippen LogP contribution in [-0.2, 0) is 14.3 Å². The molecule has 0 bridgehead atoms. The van der Waals surface area contributed by atoms with Crippen LogP contribution in [0.4, 0.5) is 15.8 Å². The van der Waals surface area contributed by atoms with Crippen LogP contribution in [0.15, 0.2) is 54.6 Å². The molecule has 0 aromatic heterocycles. The molecule has 2 amide bonds. The average molecular weight is 842 g/mol. The molecular formula is C31H32AcClFN2O8. The Hall–Kier alpha value is -2.75. The number of anilines is 2. The fourth-order valence-electron chi connectivity index (χ4n) is 4.83. The van der Waals surface area contributed by atoms with Crippen LogP contribution in [0, 0.1) is 55.3 Å². The minimum absolute atomic E-state index is 0. The molecule has 0 aliphatic carbocycles. The van der Waals surface area contributed by atoms with E-state index in [1.807, 2.05) is 0 Å². The number of methoxy groups -OCH3 is 2. The van der Waals surface area contributed by atoms with Gasteiger partial charge >= 0.3 is 5.97 Å². The number of carboxylic acids is 1. The molecule has 1 aliphatic heterocycles. The Balaban J connectivity index is 0.00000529. The van der Waals surface area contributed by atoms with Gasteiger partial charge < -0.3 is 34.6 Å². The van der Waals surface area contributed by atoms with Gasteiger partial charge in [0.05, 0.1) is 31.9 Å². The number of amides is 2. The maximum absolute atomic E-state index is 14.5. The first-order chi connectivity index (χ1) is 20.4. The largest absolute Gasteiger partial charge is 0.493 e. The maximum Gasteiger partial charge on any atom is 0.335 e. The fourth-order valence-corrected chi connectivity index (χ4v) is 5.01. The van der Waals surface area contributed by atoms with E-state index in [4.69, 9.17) is 25.8 Å². The van der Waals surface area contributed by atoms with Gasteiger partial charge in [-0.3, -0.25) is 9.59 Å². The molecule has 0 spiro atoms. The zero-order valence-electron chi connectivity index (χ0n) is 24.6. The number of hydrogen-bond donors (Lipinski definition) is 3. The van der Waals surface area contributed by atoms with Crippen molar-refractivity contribution in [1.82, 2.24) is 0 Å². The second kappa shape index (κ2) is 15.0. The third kappa shape index (κ3) is 7.90. The predicted molar refractivity (Wildman–Crippen MR) is 158 cm³/mol. The topological polar surface area (TPSA) is 135 Å². The summed E-state index contributed by atoms with van der Waals surface area (Å²) in [5.41, 5.74) is 0.122. The summed E-state index contributed by atoms with van der Waals surface area (Å²) in [4.78, 5) is 40.2. The third-order valence-corrected chi connectivity index (χ3v) is 7.23. The van der Waals surface area contributed by atoms with Crippen molar-refractivity contribution >= 4 is 40.8 Å². The number of carbonyl (C=O) groups is 3. The van der Waals surface area contributed by atoms with Crippen molar-refractivity contribution in [1.29, 1.82) is 0 Å². The van der Waals surface area contributed by atoms with Gasteiger partial charge in [0.15, 0.2) is 11.5 Å². The molecule has 4 rings (SSSR count). The van der Waals surface area contributed by atoms with E-state index in [9.17, 15) is 29.0 Å². The van der Waals surface area contributed by atoms with Crippen LogP contribution in [0.1, 0.15) is 47.9 Å². The summed E-state index contributed by atoms with van der Waals surface area (Å²) in [7, 11) is 2.94. The van der Waals surface area contributed by atoms with E-state index in [1.165, 1.54) is 19.1 Å². The van der Waals surface area contributed by atoms with Crippen molar-refractivity contribution in [2.75, 3.05) is 37.6 Å². The molecule has 0 saturated heterocycles. The first kappa shape index (κ1) is 35.7. The Labute approximate surface area is 295 Å². The second-order valence-corrected chi connectivity index (χ2v) is 11.2. The van der Waals surface area contributed by atoms with Crippen molar-refractivity contribution in [2.45, 2.75) is 32.5 Å². The molecule has 0 unspecified atom stereocenters. The molecule has 13 heteroatoms. The number of halogens is 2. The van der Waals surface area contributed by atoms with Crippen LogP contribution >= 0.6 is 11.6 Å². The van der Waals surface area contributed by atoms with Gasteiger partial charge in [0.25, 0.3) is 5.91 Å². The summed E-state index contributed by atoms with van der Waals surface area (Å²) in [5, 5.41) is 22.0. The predicted octanol–water partition coefficient (Wildman–Crippen LogP) is 5.06. The quantitative estimate of drug-likeness (QED) is 0.258. The minimum atomic E-state index is -1.40.